The van der Waals surface area contributed by atoms with E-state index in [-0.39, 0.29) is 39.7 Å². The number of methoxy groups -OCH3 is 1. The highest BCUT2D eigenvalue weighted by Crippen LogP contribution is 2.35. The summed E-state index contributed by atoms with van der Waals surface area (Å²) in [6, 6.07) is 17.0. The number of amides is 2. The average molecular weight is 635 g/mol. The van der Waals surface area contributed by atoms with Crippen molar-refractivity contribution in [3.05, 3.63) is 87.9 Å². The van der Waals surface area contributed by atoms with Gasteiger partial charge in [0, 0.05) is 23.1 Å². The third kappa shape index (κ3) is 8.40. The number of benzene rings is 3. The Bertz CT molecular complexity index is 1480. The van der Waals surface area contributed by atoms with E-state index in [1.54, 1.807) is 48.5 Å². The summed E-state index contributed by atoms with van der Waals surface area (Å²) in [4.78, 5) is 28.9. The maximum Gasteiger partial charge on any atom is 0.264 e. The third-order valence-electron chi connectivity index (χ3n) is 6.63. The van der Waals surface area contributed by atoms with Gasteiger partial charge in [-0.3, -0.25) is 13.9 Å². The lowest BCUT2D eigenvalue weighted by Crippen LogP contribution is -2.52. The van der Waals surface area contributed by atoms with Crippen LogP contribution in [0.5, 0.6) is 5.75 Å². The largest absolute Gasteiger partial charge is 0.495 e. The number of rotatable bonds is 13. The minimum atomic E-state index is -4.27. The number of nitrogens with zero attached hydrogens (tertiary/aromatic N) is 2. The van der Waals surface area contributed by atoms with Crippen LogP contribution in [0.4, 0.5) is 5.69 Å². The summed E-state index contributed by atoms with van der Waals surface area (Å²) in [5.41, 5.74) is 1.71. The second-order valence-electron chi connectivity index (χ2n) is 10.4. The smallest absolute Gasteiger partial charge is 0.264 e. The molecule has 0 aliphatic heterocycles. The zero-order chi connectivity index (χ0) is 31.0. The van der Waals surface area contributed by atoms with Crippen molar-refractivity contribution in [2.24, 2.45) is 5.92 Å². The summed E-state index contributed by atoms with van der Waals surface area (Å²) >= 11 is 12.4. The Morgan fingerprint density at radius 2 is 1.57 bits per heavy atom. The summed E-state index contributed by atoms with van der Waals surface area (Å²) in [5, 5.41) is 3.71. The Hall–Kier alpha value is -3.27. The van der Waals surface area contributed by atoms with Gasteiger partial charge in [-0.25, -0.2) is 8.42 Å². The number of anilines is 1. The van der Waals surface area contributed by atoms with E-state index in [1.807, 2.05) is 27.7 Å². The van der Waals surface area contributed by atoms with Crippen LogP contribution in [0, 0.1) is 12.8 Å². The lowest BCUT2D eigenvalue weighted by Gasteiger charge is -2.33. The van der Waals surface area contributed by atoms with Crippen molar-refractivity contribution < 1.29 is 22.7 Å². The minimum absolute atomic E-state index is 0.00565. The average Bonchev–Trinajstić information content (AvgIpc) is 2.95. The molecule has 3 aromatic carbocycles. The van der Waals surface area contributed by atoms with E-state index in [2.05, 4.69) is 5.32 Å². The van der Waals surface area contributed by atoms with Crippen LogP contribution in [0.15, 0.2) is 71.6 Å². The zero-order valence-corrected chi connectivity index (χ0v) is 26.8. The van der Waals surface area contributed by atoms with Crippen LogP contribution in [-0.4, -0.2) is 51.4 Å². The Balaban J connectivity index is 2.11. The van der Waals surface area contributed by atoms with Gasteiger partial charge in [0.1, 0.15) is 18.3 Å². The molecule has 0 saturated carbocycles. The maximum atomic E-state index is 14.2. The summed E-state index contributed by atoms with van der Waals surface area (Å²) in [7, 11) is -2.87. The quantitative estimate of drug-likeness (QED) is 0.246. The molecule has 8 nitrogen and oxygen atoms in total. The van der Waals surface area contributed by atoms with Gasteiger partial charge in [0.2, 0.25) is 11.8 Å². The highest BCUT2D eigenvalue weighted by atomic mass is 35.5. The number of nitrogens with one attached hydrogen (secondary N) is 1. The van der Waals surface area contributed by atoms with Crippen molar-refractivity contribution in [1.82, 2.24) is 10.2 Å². The first kappa shape index (κ1) is 33.2. The fourth-order valence-corrected chi connectivity index (χ4v) is 6.05. The molecule has 0 aromatic heterocycles. The third-order valence-corrected chi connectivity index (χ3v) is 8.90. The minimum Gasteiger partial charge on any atom is -0.495 e. The first-order chi connectivity index (χ1) is 19.9. The number of hydrogen-bond acceptors (Lipinski definition) is 5. The fourth-order valence-electron chi connectivity index (χ4n) is 4.34. The highest BCUT2D eigenvalue weighted by molar-refractivity contribution is 7.92. The summed E-state index contributed by atoms with van der Waals surface area (Å²) in [6.45, 7) is 7.51. The Morgan fingerprint density at radius 3 is 2.14 bits per heavy atom. The van der Waals surface area contributed by atoms with Crippen molar-refractivity contribution in [2.45, 2.75) is 51.6 Å². The number of carbonyl (C=O) groups is 2. The van der Waals surface area contributed by atoms with Crippen LogP contribution in [0.3, 0.4) is 0 Å². The fraction of sp³-hybridized carbons (Fsp3) is 0.355. The normalized spacial score (nSPS) is 12.1. The molecule has 0 fully saturated rings. The molecule has 2 amide bonds. The molecule has 0 heterocycles. The molecular formula is C31H37Cl2N3O5S. The molecule has 0 unspecified atom stereocenters. The SMILES string of the molecule is CC[C@@H](C(=O)NCC(C)C)N(Cc1ccc(Cl)cc1)C(=O)CN(c1cc(Cl)ccc1OC)S(=O)(=O)c1ccc(C)cc1. The van der Waals surface area contributed by atoms with Gasteiger partial charge in [-0.15, -0.1) is 0 Å². The van der Waals surface area contributed by atoms with Gasteiger partial charge >= 0.3 is 0 Å². The van der Waals surface area contributed by atoms with Crippen LogP contribution in [0.2, 0.25) is 10.0 Å². The van der Waals surface area contributed by atoms with E-state index < -0.39 is 28.5 Å². The van der Waals surface area contributed by atoms with Gasteiger partial charge in [0.25, 0.3) is 10.0 Å². The molecule has 0 aliphatic rings. The maximum absolute atomic E-state index is 14.2. The number of aryl methyl sites for hydroxylation is 1. The molecule has 0 saturated heterocycles. The van der Waals surface area contributed by atoms with E-state index in [0.717, 1.165) is 15.4 Å². The van der Waals surface area contributed by atoms with Crippen LogP contribution >= 0.6 is 23.2 Å². The topological polar surface area (TPSA) is 96.0 Å². The molecule has 3 aromatic rings. The molecular weight excluding hydrogens is 597 g/mol. The van der Waals surface area contributed by atoms with Crippen LogP contribution in [-0.2, 0) is 26.2 Å². The molecule has 11 heteroatoms. The van der Waals surface area contributed by atoms with Crippen LogP contribution in [0.25, 0.3) is 0 Å². The molecule has 3 rings (SSSR count). The summed E-state index contributed by atoms with van der Waals surface area (Å²) < 4.78 is 34.6. The van der Waals surface area contributed by atoms with Crippen LogP contribution in [0.1, 0.15) is 38.3 Å². The van der Waals surface area contributed by atoms with E-state index in [9.17, 15) is 18.0 Å². The van der Waals surface area contributed by atoms with Gasteiger partial charge in [-0.2, -0.15) is 0 Å². The zero-order valence-electron chi connectivity index (χ0n) is 24.4. The Morgan fingerprint density at radius 1 is 0.952 bits per heavy atom. The lowest BCUT2D eigenvalue weighted by atomic mass is 10.1. The van der Waals surface area contributed by atoms with Gasteiger partial charge in [0.15, 0.2) is 0 Å². The van der Waals surface area contributed by atoms with Crippen molar-refractivity contribution >= 4 is 50.7 Å². The van der Waals surface area contributed by atoms with Crippen LogP contribution < -0.4 is 14.4 Å². The number of carbonyl (C=O) groups excluding carboxylic acids is 2. The number of hydrogen-bond donors (Lipinski definition) is 1. The van der Waals surface area contributed by atoms with E-state index in [4.69, 9.17) is 27.9 Å². The molecule has 226 valence electrons. The van der Waals surface area contributed by atoms with E-state index in [0.29, 0.717) is 18.0 Å². The number of ether oxygens (including phenoxy) is 1. The molecule has 0 spiro atoms. The van der Waals surface area contributed by atoms with E-state index in [1.165, 1.54) is 30.2 Å². The molecule has 0 bridgehead atoms. The van der Waals surface area contributed by atoms with Gasteiger partial charge in [0.05, 0.1) is 17.7 Å². The predicted molar refractivity (Wildman–Crippen MR) is 168 cm³/mol. The van der Waals surface area contributed by atoms with Gasteiger partial charge < -0.3 is 15.0 Å². The first-order valence-corrected chi connectivity index (χ1v) is 15.8. The standard InChI is InChI=1S/C31H37Cl2N3O5S/c1-6-27(31(38)34-18-21(2)3)35(19-23-9-11-24(32)12-10-23)30(37)20-36(28-17-25(33)13-16-29(28)41-5)42(39,40)26-14-7-22(4)8-15-26/h7-17,21,27H,6,18-20H2,1-5H3,(H,34,38)/t27-/m0/s1. The highest BCUT2D eigenvalue weighted by Gasteiger charge is 2.35. The first-order valence-electron chi connectivity index (χ1n) is 13.6. The molecule has 0 aliphatic carbocycles. The monoisotopic (exact) mass is 633 g/mol. The number of sulfonamides is 1. The second-order valence-corrected chi connectivity index (χ2v) is 13.1. The van der Waals surface area contributed by atoms with Gasteiger partial charge in [-0.05, 0) is 67.3 Å². The Labute approximate surface area is 258 Å². The lowest BCUT2D eigenvalue weighted by molar-refractivity contribution is -0.140. The van der Waals surface area contributed by atoms with Crippen molar-refractivity contribution in [2.75, 3.05) is 24.5 Å². The Kier molecular flexibility index (Phi) is 11.7. The van der Waals surface area contributed by atoms with E-state index >= 15 is 0 Å². The molecule has 42 heavy (non-hydrogen) atoms. The second kappa shape index (κ2) is 14.8. The molecule has 1 atom stereocenters. The van der Waals surface area contributed by atoms with Crippen molar-refractivity contribution in [3.63, 3.8) is 0 Å². The molecule has 1 N–H and O–H groups in total. The molecule has 0 radical (unpaired) electrons. The predicted octanol–water partition coefficient (Wildman–Crippen LogP) is 6.09. The van der Waals surface area contributed by atoms with Crippen molar-refractivity contribution in [3.8, 4) is 5.75 Å². The van der Waals surface area contributed by atoms with Crippen molar-refractivity contribution in [1.29, 1.82) is 0 Å². The number of halogens is 2. The summed E-state index contributed by atoms with van der Waals surface area (Å²) in [5.74, 6) is -0.470. The van der Waals surface area contributed by atoms with Gasteiger partial charge in [-0.1, -0.05) is 73.8 Å². The summed E-state index contributed by atoms with van der Waals surface area (Å²) in [6.07, 6.45) is 0.314.